The molecule has 19 heavy (non-hydrogen) atoms. The molecule has 4 nitrogen and oxygen atoms in total. The Morgan fingerprint density at radius 2 is 1.84 bits per heavy atom. The van der Waals surface area contributed by atoms with Crippen molar-refractivity contribution in [2.24, 2.45) is 11.8 Å². The third-order valence-corrected chi connectivity index (χ3v) is 4.28. The Hall–Kier alpha value is -0.770. The summed E-state index contributed by atoms with van der Waals surface area (Å²) in [6.45, 7) is 6.93. The maximum absolute atomic E-state index is 12.1. The van der Waals surface area contributed by atoms with Crippen molar-refractivity contribution >= 4 is 6.09 Å². The molecule has 4 heteroatoms. The molecule has 2 rings (SSSR count). The molecule has 2 aliphatic rings. The Balaban J connectivity index is 1.94. The number of amides is 1. The molecule has 1 saturated carbocycles. The van der Waals surface area contributed by atoms with Crippen LogP contribution < -0.4 is 0 Å². The summed E-state index contributed by atoms with van der Waals surface area (Å²) in [5, 5.41) is 10.2. The maximum atomic E-state index is 12.1. The van der Waals surface area contributed by atoms with Crippen LogP contribution >= 0.6 is 0 Å². The topological polar surface area (TPSA) is 49.8 Å². The molecular weight excluding hydrogens is 242 g/mol. The average molecular weight is 269 g/mol. The zero-order valence-corrected chi connectivity index (χ0v) is 12.4. The van der Waals surface area contributed by atoms with E-state index in [4.69, 9.17) is 4.74 Å². The highest BCUT2D eigenvalue weighted by molar-refractivity contribution is 5.68. The third-order valence-electron chi connectivity index (χ3n) is 4.28. The number of aliphatic hydroxyl groups is 1. The first-order chi connectivity index (χ1) is 8.87. The van der Waals surface area contributed by atoms with Crippen molar-refractivity contribution in [1.82, 2.24) is 4.90 Å². The molecule has 1 N–H and O–H groups in total. The molecule has 0 aromatic heterocycles. The first-order valence-corrected chi connectivity index (χ1v) is 7.53. The molecule has 1 aliphatic carbocycles. The van der Waals surface area contributed by atoms with Crippen LogP contribution in [0.25, 0.3) is 0 Å². The monoisotopic (exact) mass is 269 g/mol. The molecule has 1 amide bonds. The summed E-state index contributed by atoms with van der Waals surface area (Å²) in [4.78, 5) is 13.9. The second-order valence-electron chi connectivity index (χ2n) is 6.99. The van der Waals surface area contributed by atoms with Gasteiger partial charge in [-0.1, -0.05) is 25.7 Å². The van der Waals surface area contributed by atoms with Crippen LogP contribution in [0.3, 0.4) is 0 Å². The van der Waals surface area contributed by atoms with Crippen LogP contribution in [0.4, 0.5) is 4.79 Å². The minimum atomic E-state index is -0.448. The fourth-order valence-electron chi connectivity index (χ4n) is 3.31. The van der Waals surface area contributed by atoms with Crippen molar-refractivity contribution in [3.8, 4) is 0 Å². The summed E-state index contributed by atoms with van der Waals surface area (Å²) in [6.07, 6.45) is 5.12. The fourth-order valence-corrected chi connectivity index (χ4v) is 3.31. The Morgan fingerprint density at radius 1 is 1.21 bits per heavy atom. The van der Waals surface area contributed by atoms with Crippen LogP contribution in [-0.4, -0.2) is 40.9 Å². The Labute approximate surface area is 116 Å². The van der Waals surface area contributed by atoms with Gasteiger partial charge in [-0.2, -0.15) is 0 Å². The van der Waals surface area contributed by atoms with Crippen molar-refractivity contribution < 1.29 is 14.6 Å². The van der Waals surface area contributed by atoms with Crippen molar-refractivity contribution in [1.29, 1.82) is 0 Å². The molecule has 0 radical (unpaired) electrons. The van der Waals surface area contributed by atoms with E-state index >= 15 is 0 Å². The van der Waals surface area contributed by atoms with Gasteiger partial charge in [0.1, 0.15) is 5.60 Å². The number of hydrogen-bond acceptors (Lipinski definition) is 3. The Morgan fingerprint density at radius 3 is 2.42 bits per heavy atom. The summed E-state index contributed by atoms with van der Waals surface area (Å²) in [5.74, 6) is 0.823. The van der Waals surface area contributed by atoms with E-state index in [9.17, 15) is 9.90 Å². The van der Waals surface area contributed by atoms with Crippen molar-refractivity contribution in [2.75, 3.05) is 13.1 Å². The number of ether oxygens (including phenoxy) is 1. The number of likely N-dealkylation sites (tertiary alicyclic amines) is 1. The molecule has 1 aliphatic heterocycles. The van der Waals surface area contributed by atoms with Gasteiger partial charge in [0.15, 0.2) is 0 Å². The number of aliphatic hydroxyl groups excluding tert-OH is 1. The maximum Gasteiger partial charge on any atom is 0.410 e. The highest BCUT2D eigenvalue weighted by Gasteiger charge is 2.37. The van der Waals surface area contributed by atoms with Gasteiger partial charge >= 0.3 is 6.09 Å². The van der Waals surface area contributed by atoms with Crippen molar-refractivity contribution in [2.45, 2.75) is 64.6 Å². The Kier molecular flexibility index (Phi) is 4.39. The lowest BCUT2D eigenvalue weighted by atomic mass is 9.82. The second-order valence-corrected chi connectivity index (χ2v) is 6.99. The number of carbonyl (C=O) groups is 1. The largest absolute Gasteiger partial charge is 0.444 e. The van der Waals surface area contributed by atoms with E-state index in [1.807, 2.05) is 20.8 Å². The number of hydrogen-bond donors (Lipinski definition) is 1. The fraction of sp³-hybridized carbons (Fsp3) is 0.933. The van der Waals surface area contributed by atoms with E-state index < -0.39 is 5.60 Å². The van der Waals surface area contributed by atoms with E-state index in [1.165, 1.54) is 25.7 Å². The smallest absolute Gasteiger partial charge is 0.410 e. The molecule has 0 unspecified atom stereocenters. The van der Waals surface area contributed by atoms with Gasteiger partial charge < -0.3 is 14.7 Å². The van der Waals surface area contributed by atoms with Crippen LogP contribution in [0.5, 0.6) is 0 Å². The van der Waals surface area contributed by atoms with Gasteiger partial charge in [0.2, 0.25) is 0 Å². The zero-order valence-electron chi connectivity index (χ0n) is 12.4. The van der Waals surface area contributed by atoms with Gasteiger partial charge in [-0.3, -0.25) is 0 Å². The van der Waals surface area contributed by atoms with Crippen molar-refractivity contribution in [3.05, 3.63) is 0 Å². The number of piperidine rings is 1. The molecule has 0 spiro atoms. The molecule has 1 heterocycles. The van der Waals surface area contributed by atoms with Crippen molar-refractivity contribution in [3.63, 3.8) is 0 Å². The normalized spacial score (nSPS) is 29.6. The predicted molar refractivity (Wildman–Crippen MR) is 73.9 cm³/mol. The van der Waals surface area contributed by atoms with Gasteiger partial charge in [0.25, 0.3) is 0 Å². The average Bonchev–Trinajstić information content (AvgIpc) is 2.80. The van der Waals surface area contributed by atoms with E-state index in [1.54, 1.807) is 4.90 Å². The van der Waals surface area contributed by atoms with Gasteiger partial charge in [0.05, 0.1) is 6.10 Å². The first kappa shape index (κ1) is 14.6. The Bertz CT molecular complexity index is 318. The van der Waals surface area contributed by atoms with Gasteiger partial charge in [-0.05, 0) is 33.1 Å². The van der Waals surface area contributed by atoms with Gasteiger partial charge in [-0.25, -0.2) is 4.79 Å². The van der Waals surface area contributed by atoms with Gasteiger partial charge in [0, 0.05) is 19.0 Å². The molecule has 2 atom stereocenters. The van der Waals surface area contributed by atoms with E-state index in [0.717, 1.165) is 0 Å². The van der Waals surface area contributed by atoms with Crippen LogP contribution in [0.15, 0.2) is 0 Å². The lowest BCUT2D eigenvalue weighted by Crippen LogP contribution is -2.49. The summed E-state index contributed by atoms with van der Waals surface area (Å²) >= 11 is 0. The van der Waals surface area contributed by atoms with Crippen LogP contribution in [0.2, 0.25) is 0 Å². The molecule has 0 aromatic rings. The summed E-state index contributed by atoms with van der Waals surface area (Å²) in [6, 6.07) is 0. The standard InChI is InChI=1S/C15H27NO3/c1-15(2,3)19-14(18)16-9-8-13(17)12(10-16)11-6-4-5-7-11/h11-13,17H,4-10H2,1-3H3/t12-,13+/m1/s1. The third kappa shape index (κ3) is 3.85. The summed E-state index contributed by atoms with van der Waals surface area (Å²) in [7, 11) is 0. The minimum absolute atomic E-state index is 0.234. The van der Waals surface area contributed by atoms with Crippen LogP contribution in [0, 0.1) is 11.8 Å². The number of carbonyl (C=O) groups excluding carboxylic acids is 1. The minimum Gasteiger partial charge on any atom is -0.444 e. The summed E-state index contributed by atoms with van der Waals surface area (Å²) < 4.78 is 5.43. The quantitative estimate of drug-likeness (QED) is 0.796. The lowest BCUT2D eigenvalue weighted by molar-refractivity contribution is -0.0214. The number of nitrogens with zero attached hydrogens (tertiary/aromatic N) is 1. The molecule has 1 saturated heterocycles. The highest BCUT2D eigenvalue weighted by Crippen LogP contribution is 2.36. The van der Waals surface area contributed by atoms with E-state index in [2.05, 4.69) is 0 Å². The van der Waals surface area contributed by atoms with Gasteiger partial charge in [-0.15, -0.1) is 0 Å². The first-order valence-electron chi connectivity index (χ1n) is 7.53. The summed E-state index contributed by atoms with van der Waals surface area (Å²) in [5.41, 5.74) is -0.448. The van der Waals surface area contributed by atoms with E-state index in [-0.39, 0.29) is 18.1 Å². The molecule has 0 aromatic carbocycles. The molecule has 0 bridgehead atoms. The van der Waals surface area contributed by atoms with Crippen LogP contribution in [0.1, 0.15) is 52.9 Å². The highest BCUT2D eigenvalue weighted by atomic mass is 16.6. The molecule has 110 valence electrons. The molecule has 2 fully saturated rings. The SMILES string of the molecule is CC(C)(C)OC(=O)N1CC[C@H](O)[C@@H](C2CCCC2)C1. The zero-order chi connectivity index (χ0) is 14.0. The number of rotatable bonds is 1. The predicted octanol–water partition coefficient (Wildman–Crippen LogP) is 2.79. The van der Waals surface area contributed by atoms with E-state index in [0.29, 0.717) is 25.4 Å². The molecular formula is C15H27NO3. The second kappa shape index (κ2) is 5.70. The lowest BCUT2D eigenvalue weighted by Gasteiger charge is -2.39. The van der Waals surface area contributed by atoms with Crippen LogP contribution in [-0.2, 0) is 4.74 Å².